The molecule has 0 aliphatic rings. The number of halogens is 1. The van der Waals surface area contributed by atoms with Gasteiger partial charge in [-0.05, 0) is 12.1 Å². The molecule has 2 aromatic rings. The molecule has 1 heterocycles. The van der Waals surface area contributed by atoms with Gasteiger partial charge in [0.25, 0.3) is 5.91 Å². The molecule has 0 unspecified atom stereocenters. The molecule has 9 nitrogen and oxygen atoms in total. The lowest BCUT2D eigenvalue weighted by molar-refractivity contribution is -0.114. The number of amides is 1. The van der Waals surface area contributed by atoms with Gasteiger partial charge in [-0.1, -0.05) is 23.7 Å². The minimum atomic E-state index is -0.849. The van der Waals surface area contributed by atoms with Crippen LogP contribution in [0.1, 0.15) is 5.69 Å². The zero-order valence-corrected chi connectivity index (χ0v) is 14.5. The monoisotopic (exact) mass is 373 g/mol. The average Bonchev–Trinajstić information content (AvgIpc) is 3.08. The van der Waals surface area contributed by atoms with E-state index in [2.05, 4.69) is 15.5 Å². The highest BCUT2D eigenvalue weighted by Crippen LogP contribution is 2.38. The second-order valence-corrected chi connectivity index (χ2v) is 5.44. The summed E-state index contributed by atoms with van der Waals surface area (Å²) in [6.45, 7) is 0. The van der Waals surface area contributed by atoms with Crippen LogP contribution in [0, 0.1) is 11.3 Å². The second kappa shape index (κ2) is 7.96. The van der Waals surface area contributed by atoms with Crippen LogP contribution in [0.4, 0.5) is 5.69 Å². The predicted octanol–water partition coefficient (Wildman–Crippen LogP) is 1.06. The average molecular weight is 374 g/mol. The predicted molar refractivity (Wildman–Crippen MR) is 97.4 cm³/mol. The van der Waals surface area contributed by atoms with Crippen molar-refractivity contribution in [2.75, 3.05) is 12.4 Å². The van der Waals surface area contributed by atoms with Crippen LogP contribution in [0.15, 0.2) is 47.0 Å². The molecule has 0 saturated carbocycles. The number of aromatic nitrogens is 2. The fourth-order valence-corrected chi connectivity index (χ4v) is 2.35. The number of rotatable bonds is 6. The van der Waals surface area contributed by atoms with Gasteiger partial charge < -0.3 is 27.3 Å². The first kappa shape index (κ1) is 18.7. The first-order chi connectivity index (χ1) is 12.4. The van der Waals surface area contributed by atoms with Crippen molar-refractivity contribution in [3.63, 3.8) is 0 Å². The Morgan fingerprint density at radius 1 is 1.38 bits per heavy atom. The number of ether oxygens (including phenoxy) is 1. The van der Waals surface area contributed by atoms with E-state index in [-0.39, 0.29) is 22.2 Å². The van der Waals surface area contributed by atoms with E-state index in [1.807, 2.05) is 6.07 Å². The summed E-state index contributed by atoms with van der Waals surface area (Å²) >= 11 is 5.69. The van der Waals surface area contributed by atoms with Crippen LogP contribution >= 0.6 is 11.6 Å². The van der Waals surface area contributed by atoms with Gasteiger partial charge >= 0.3 is 0 Å². The SMILES string of the molecule is COc1c(N/C(C=C(N)Cl)=C(/N)C(N)=O)cccc1-c1cn[nH]c1C#N. The van der Waals surface area contributed by atoms with E-state index >= 15 is 0 Å². The van der Waals surface area contributed by atoms with Crippen molar-refractivity contribution in [1.29, 1.82) is 5.26 Å². The van der Waals surface area contributed by atoms with Crippen molar-refractivity contribution in [3.8, 4) is 22.9 Å². The van der Waals surface area contributed by atoms with Crippen molar-refractivity contribution in [1.82, 2.24) is 10.2 Å². The molecule has 0 bridgehead atoms. The molecule has 10 heteroatoms. The summed E-state index contributed by atoms with van der Waals surface area (Å²) in [7, 11) is 1.46. The molecule has 8 N–H and O–H groups in total. The highest BCUT2D eigenvalue weighted by atomic mass is 35.5. The Morgan fingerprint density at radius 2 is 2.12 bits per heavy atom. The quantitative estimate of drug-likeness (QED) is 0.286. The van der Waals surface area contributed by atoms with Crippen molar-refractivity contribution in [2.45, 2.75) is 0 Å². The summed E-state index contributed by atoms with van der Waals surface area (Å²) in [5, 5.41) is 18.5. The summed E-state index contributed by atoms with van der Waals surface area (Å²) in [6, 6.07) is 7.17. The maximum absolute atomic E-state index is 11.4. The van der Waals surface area contributed by atoms with Crippen LogP contribution < -0.4 is 27.3 Å². The van der Waals surface area contributed by atoms with Gasteiger partial charge in [-0.3, -0.25) is 9.89 Å². The third kappa shape index (κ3) is 3.88. The highest BCUT2D eigenvalue weighted by molar-refractivity contribution is 6.29. The van der Waals surface area contributed by atoms with E-state index in [1.54, 1.807) is 18.2 Å². The van der Waals surface area contributed by atoms with Crippen LogP contribution in [-0.2, 0) is 4.79 Å². The number of nitrogens with two attached hydrogens (primary N) is 3. The smallest absolute Gasteiger partial charge is 0.266 e. The summed E-state index contributed by atoms with van der Waals surface area (Å²) in [5.41, 5.74) is 18.1. The molecule has 0 atom stereocenters. The van der Waals surface area contributed by atoms with Gasteiger partial charge in [0.15, 0.2) is 0 Å². The molecule has 1 aromatic heterocycles. The number of H-pyrrole nitrogens is 1. The number of hydrogen-bond acceptors (Lipinski definition) is 7. The maximum atomic E-state index is 11.4. The van der Waals surface area contributed by atoms with Crippen molar-refractivity contribution in [3.05, 3.63) is 52.7 Å². The lowest BCUT2D eigenvalue weighted by Gasteiger charge is -2.16. The summed E-state index contributed by atoms with van der Waals surface area (Å²) in [5.74, 6) is -0.458. The van der Waals surface area contributed by atoms with Crippen LogP contribution in [-0.4, -0.2) is 23.2 Å². The number of hydrogen-bond donors (Lipinski definition) is 5. The third-order valence-electron chi connectivity index (χ3n) is 3.37. The summed E-state index contributed by atoms with van der Waals surface area (Å²) < 4.78 is 5.47. The van der Waals surface area contributed by atoms with Gasteiger partial charge in [0.05, 0.1) is 24.7 Å². The molecule has 134 valence electrons. The molecule has 2 rings (SSSR count). The number of nitrogens with zero attached hydrogens (tertiary/aromatic N) is 2. The minimum absolute atomic E-state index is 0.103. The number of nitrogens with one attached hydrogen (secondary N) is 2. The van der Waals surface area contributed by atoms with E-state index in [0.717, 1.165) is 0 Å². The van der Waals surface area contributed by atoms with E-state index in [0.29, 0.717) is 22.6 Å². The Balaban J connectivity index is 2.59. The molecule has 26 heavy (non-hydrogen) atoms. The van der Waals surface area contributed by atoms with Gasteiger partial charge in [-0.2, -0.15) is 10.4 Å². The van der Waals surface area contributed by atoms with Gasteiger partial charge in [0.2, 0.25) is 0 Å². The molecule has 0 spiro atoms. The topological polar surface area (TPSA) is 169 Å². The number of anilines is 1. The fourth-order valence-electron chi connectivity index (χ4n) is 2.24. The first-order valence-electron chi connectivity index (χ1n) is 7.19. The first-order valence-corrected chi connectivity index (χ1v) is 7.56. The Kier molecular flexibility index (Phi) is 5.72. The van der Waals surface area contributed by atoms with Gasteiger partial charge in [0.1, 0.15) is 28.4 Å². The standard InChI is InChI=1S/C16H16ClN7O2/c1-26-15-8(9-7-22-24-12(9)6-18)3-2-4-10(15)23-11(5-13(17)19)14(20)16(21)25/h2-5,7,23H,19-20H2,1H3,(H2,21,25)(H,22,24)/b13-5?,14-11+. The third-order valence-corrected chi connectivity index (χ3v) is 3.48. The van der Waals surface area contributed by atoms with E-state index in [1.165, 1.54) is 19.4 Å². The van der Waals surface area contributed by atoms with Crippen LogP contribution in [0.2, 0.25) is 0 Å². The summed E-state index contributed by atoms with van der Waals surface area (Å²) in [6.07, 6.45) is 2.76. The lowest BCUT2D eigenvalue weighted by Crippen LogP contribution is -2.24. The lowest BCUT2D eigenvalue weighted by atomic mass is 10.0. The zero-order chi connectivity index (χ0) is 19.3. The number of aromatic amines is 1. The van der Waals surface area contributed by atoms with Gasteiger partial charge in [0, 0.05) is 11.1 Å². The van der Waals surface area contributed by atoms with Crippen molar-refractivity contribution < 1.29 is 9.53 Å². The van der Waals surface area contributed by atoms with Crippen LogP contribution in [0.25, 0.3) is 11.1 Å². The summed E-state index contributed by atoms with van der Waals surface area (Å²) in [4.78, 5) is 11.4. The number of methoxy groups -OCH3 is 1. The van der Waals surface area contributed by atoms with E-state index in [4.69, 9.17) is 33.5 Å². The Morgan fingerprint density at radius 3 is 2.69 bits per heavy atom. The highest BCUT2D eigenvalue weighted by Gasteiger charge is 2.17. The number of primary amides is 1. The molecule has 1 aromatic carbocycles. The Bertz CT molecular complexity index is 936. The molecular formula is C16H16ClN7O2. The van der Waals surface area contributed by atoms with Crippen molar-refractivity contribution in [2.24, 2.45) is 17.2 Å². The van der Waals surface area contributed by atoms with E-state index in [9.17, 15) is 10.1 Å². The largest absolute Gasteiger partial charge is 0.494 e. The fraction of sp³-hybridized carbons (Fsp3) is 0.0625. The number of benzene rings is 1. The number of carbonyl (C=O) groups excluding carboxylic acids is 1. The zero-order valence-electron chi connectivity index (χ0n) is 13.7. The number of carbonyl (C=O) groups is 1. The second-order valence-electron chi connectivity index (χ2n) is 5.00. The minimum Gasteiger partial charge on any atom is -0.494 e. The Labute approximate surface area is 154 Å². The molecular weight excluding hydrogens is 358 g/mol. The van der Waals surface area contributed by atoms with Gasteiger partial charge in [-0.15, -0.1) is 0 Å². The van der Waals surface area contributed by atoms with Gasteiger partial charge in [-0.25, -0.2) is 0 Å². The molecule has 0 fully saturated rings. The van der Waals surface area contributed by atoms with Crippen LogP contribution in [0.5, 0.6) is 5.75 Å². The molecule has 0 aliphatic heterocycles. The number of para-hydroxylation sites is 1. The Hall–Kier alpha value is -3.64. The number of allylic oxidation sites excluding steroid dienone is 1. The molecule has 0 saturated heterocycles. The molecule has 0 radical (unpaired) electrons. The normalized spacial score (nSPS) is 12.1. The number of nitriles is 1. The van der Waals surface area contributed by atoms with E-state index < -0.39 is 5.91 Å². The van der Waals surface area contributed by atoms with Crippen molar-refractivity contribution >= 4 is 23.2 Å². The molecule has 0 aliphatic carbocycles. The maximum Gasteiger partial charge on any atom is 0.266 e. The molecule has 1 amide bonds. The van der Waals surface area contributed by atoms with Crippen LogP contribution in [0.3, 0.4) is 0 Å².